The number of hydrogen-bond acceptors (Lipinski definition) is 3. The van der Waals surface area contributed by atoms with E-state index in [-0.39, 0.29) is 5.13 Å². The molecule has 0 saturated heterocycles. The number of aryl methyl sites for hydroxylation is 1. The predicted molar refractivity (Wildman–Crippen MR) is 70.5 cm³/mol. The van der Waals surface area contributed by atoms with E-state index in [1.807, 2.05) is 31.2 Å². The summed E-state index contributed by atoms with van der Waals surface area (Å²) >= 11 is 0.793. The molecule has 0 atom stereocenters. The standard InChI is InChI=1S/C13H11FN2OS/c1-9-4-2-3-5-10(9)8-15-16-13(17)11-6-7-12(14)18-11/h2-8H,1H3,(H,16,17). The van der Waals surface area contributed by atoms with Gasteiger partial charge in [-0.2, -0.15) is 9.49 Å². The van der Waals surface area contributed by atoms with Gasteiger partial charge in [0.05, 0.1) is 11.1 Å². The first kappa shape index (κ1) is 12.4. The summed E-state index contributed by atoms with van der Waals surface area (Å²) < 4.78 is 12.7. The molecule has 3 nitrogen and oxygen atoms in total. The van der Waals surface area contributed by atoms with Crippen LogP contribution in [0.5, 0.6) is 0 Å². The quantitative estimate of drug-likeness (QED) is 0.670. The van der Waals surface area contributed by atoms with Crippen molar-refractivity contribution in [3.63, 3.8) is 0 Å². The van der Waals surface area contributed by atoms with Gasteiger partial charge in [0.1, 0.15) is 0 Å². The van der Waals surface area contributed by atoms with Gasteiger partial charge in [-0.3, -0.25) is 4.79 Å². The molecular formula is C13H11FN2OS. The fraction of sp³-hybridized carbons (Fsp3) is 0.0769. The van der Waals surface area contributed by atoms with Gasteiger partial charge in [0.25, 0.3) is 5.91 Å². The van der Waals surface area contributed by atoms with Crippen molar-refractivity contribution >= 4 is 23.5 Å². The molecule has 0 fully saturated rings. The van der Waals surface area contributed by atoms with Crippen molar-refractivity contribution in [2.45, 2.75) is 6.92 Å². The second kappa shape index (κ2) is 5.55. The molecule has 1 N–H and O–H groups in total. The molecule has 1 aromatic heterocycles. The summed E-state index contributed by atoms with van der Waals surface area (Å²) in [6, 6.07) is 10.4. The van der Waals surface area contributed by atoms with Crippen LogP contribution in [0.25, 0.3) is 0 Å². The van der Waals surface area contributed by atoms with E-state index >= 15 is 0 Å². The van der Waals surface area contributed by atoms with E-state index in [1.165, 1.54) is 12.1 Å². The molecule has 2 rings (SSSR count). The van der Waals surface area contributed by atoms with Crippen molar-refractivity contribution < 1.29 is 9.18 Å². The molecule has 0 aliphatic rings. The molecule has 18 heavy (non-hydrogen) atoms. The Balaban J connectivity index is 2.00. The van der Waals surface area contributed by atoms with E-state index in [0.29, 0.717) is 4.88 Å². The van der Waals surface area contributed by atoms with Gasteiger partial charge in [-0.25, -0.2) is 5.43 Å². The minimum atomic E-state index is -0.409. The van der Waals surface area contributed by atoms with E-state index < -0.39 is 5.91 Å². The highest BCUT2D eigenvalue weighted by Gasteiger charge is 2.07. The van der Waals surface area contributed by atoms with Gasteiger partial charge >= 0.3 is 0 Å². The van der Waals surface area contributed by atoms with Gasteiger partial charge in [-0.15, -0.1) is 11.3 Å². The van der Waals surface area contributed by atoms with Crippen molar-refractivity contribution in [2.24, 2.45) is 5.10 Å². The van der Waals surface area contributed by atoms with Crippen LogP contribution in [-0.2, 0) is 0 Å². The lowest BCUT2D eigenvalue weighted by molar-refractivity contribution is 0.0959. The summed E-state index contributed by atoms with van der Waals surface area (Å²) in [5.74, 6) is -0.409. The SMILES string of the molecule is Cc1ccccc1C=NNC(=O)c1ccc(F)s1. The van der Waals surface area contributed by atoms with Gasteiger partial charge in [0.2, 0.25) is 0 Å². The van der Waals surface area contributed by atoms with Gasteiger partial charge in [0.15, 0.2) is 5.13 Å². The van der Waals surface area contributed by atoms with Crippen molar-refractivity contribution in [1.29, 1.82) is 0 Å². The molecule has 5 heteroatoms. The number of hydrogen-bond donors (Lipinski definition) is 1. The first-order valence-corrected chi connectivity index (χ1v) is 6.13. The highest BCUT2D eigenvalue weighted by Crippen LogP contribution is 2.13. The Hall–Kier alpha value is -2.01. The highest BCUT2D eigenvalue weighted by atomic mass is 32.1. The third kappa shape index (κ3) is 3.01. The Morgan fingerprint density at radius 1 is 1.33 bits per heavy atom. The fourth-order valence-corrected chi connectivity index (χ4v) is 2.00. The number of benzene rings is 1. The van der Waals surface area contributed by atoms with Crippen molar-refractivity contribution in [3.8, 4) is 0 Å². The van der Waals surface area contributed by atoms with E-state index in [1.54, 1.807) is 6.21 Å². The third-order valence-electron chi connectivity index (χ3n) is 2.36. The first-order chi connectivity index (χ1) is 8.66. The number of amides is 1. The second-order valence-electron chi connectivity index (χ2n) is 3.66. The summed E-state index contributed by atoms with van der Waals surface area (Å²) in [6.45, 7) is 1.96. The maximum Gasteiger partial charge on any atom is 0.281 e. The van der Waals surface area contributed by atoms with E-state index in [4.69, 9.17) is 0 Å². The monoisotopic (exact) mass is 262 g/mol. The number of rotatable bonds is 3. The van der Waals surface area contributed by atoms with Gasteiger partial charge in [-0.1, -0.05) is 24.3 Å². The van der Waals surface area contributed by atoms with Crippen LogP contribution in [0.2, 0.25) is 0 Å². The van der Waals surface area contributed by atoms with Gasteiger partial charge < -0.3 is 0 Å². The maximum atomic E-state index is 12.7. The van der Waals surface area contributed by atoms with Crippen LogP contribution < -0.4 is 5.43 Å². The molecule has 0 aliphatic carbocycles. The highest BCUT2D eigenvalue weighted by molar-refractivity contribution is 7.12. The summed E-state index contributed by atoms with van der Waals surface area (Å²) in [6.07, 6.45) is 1.57. The van der Waals surface area contributed by atoms with Crippen molar-refractivity contribution in [1.82, 2.24) is 5.43 Å². The lowest BCUT2D eigenvalue weighted by Crippen LogP contribution is -2.16. The van der Waals surface area contributed by atoms with E-state index in [9.17, 15) is 9.18 Å². The Labute approximate surface area is 108 Å². The molecule has 0 unspecified atom stereocenters. The molecule has 0 bridgehead atoms. The van der Waals surface area contributed by atoms with Crippen LogP contribution in [0.4, 0.5) is 4.39 Å². The van der Waals surface area contributed by atoms with Crippen LogP contribution >= 0.6 is 11.3 Å². The molecule has 92 valence electrons. The Bertz CT molecular complexity index is 592. The maximum absolute atomic E-state index is 12.7. The van der Waals surface area contributed by atoms with Crippen LogP contribution in [0.15, 0.2) is 41.5 Å². The normalized spacial score (nSPS) is 10.8. The molecule has 1 amide bonds. The molecule has 1 heterocycles. The average Bonchev–Trinajstić information content (AvgIpc) is 2.78. The molecule has 2 aromatic rings. The zero-order chi connectivity index (χ0) is 13.0. The van der Waals surface area contributed by atoms with Gasteiger partial charge in [-0.05, 0) is 30.2 Å². The predicted octanol–water partition coefficient (Wildman–Crippen LogP) is 2.96. The van der Waals surface area contributed by atoms with Crippen LogP contribution in [-0.4, -0.2) is 12.1 Å². The van der Waals surface area contributed by atoms with Crippen molar-refractivity contribution in [3.05, 3.63) is 57.5 Å². The molecule has 1 aromatic carbocycles. The lowest BCUT2D eigenvalue weighted by atomic mass is 10.1. The number of carbonyl (C=O) groups excluding carboxylic acids is 1. The molecule has 0 spiro atoms. The Morgan fingerprint density at radius 2 is 2.11 bits per heavy atom. The largest absolute Gasteiger partial charge is 0.281 e. The number of nitrogens with zero attached hydrogens (tertiary/aromatic N) is 1. The number of nitrogens with one attached hydrogen (secondary N) is 1. The minimum absolute atomic E-state index is 0.300. The van der Waals surface area contributed by atoms with E-state index in [0.717, 1.165) is 22.5 Å². The number of carbonyl (C=O) groups is 1. The topological polar surface area (TPSA) is 41.5 Å². The number of hydrazone groups is 1. The Morgan fingerprint density at radius 3 is 2.78 bits per heavy atom. The van der Waals surface area contributed by atoms with Crippen LogP contribution in [0.3, 0.4) is 0 Å². The summed E-state index contributed by atoms with van der Waals surface area (Å²) in [5, 5.41) is 3.46. The zero-order valence-corrected chi connectivity index (χ0v) is 10.5. The van der Waals surface area contributed by atoms with Gasteiger partial charge in [0, 0.05) is 0 Å². The fourth-order valence-electron chi connectivity index (χ4n) is 1.38. The second-order valence-corrected chi connectivity index (χ2v) is 4.69. The molecule has 0 radical (unpaired) electrons. The van der Waals surface area contributed by atoms with Crippen LogP contribution in [0.1, 0.15) is 20.8 Å². The summed E-state index contributed by atoms with van der Waals surface area (Å²) in [5.41, 5.74) is 4.36. The summed E-state index contributed by atoms with van der Waals surface area (Å²) in [4.78, 5) is 11.9. The summed E-state index contributed by atoms with van der Waals surface area (Å²) in [7, 11) is 0. The number of halogens is 1. The minimum Gasteiger partial charge on any atom is -0.266 e. The zero-order valence-electron chi connectivity index (χ0n) is 9.68. The molecular weight excluding hydrogens is 251 g/mol. The molecule has 0 saturated carbocycles. The van der Waals surface area contributed by atoms with Crippen molar-refractivity contribution in [2.75, 3.05) is 0 Å². The Kier molecular flexibility index (Phi) is 3.84. The van der Waals surface area contributed by atoms with Crippen LogP contribution in [0, 0.1) is 12.1 Å². The molecule has 0 aliphatic heterocycles. The number of thiophene rings is 1. The first-order valence-electron chi connectivity index (χ1n) is 5.31. The average molecular weight is 262 g/mol. The smallest absolute Gasteiger partial charge is 0.266 e. The van der Waals surface area contributed by atoms with E-state index in [2.05, 4.69) is 10.5 Å². The lowest BCUT2D eigenvalue weighted by Gasteiger charge is -1.98. The third-order valence-corrected chi connectivity index (χ3v) is 3.23.